The number of rotatable bonds is 20. The predicted molar refractivity (Wildman–Crippen MR) is 113 cm³/mol. The lowest BCUT2D eigenvalue weighted by molar-refractivity contribution is 0.468. The molecule has 0 nitrogen and oxygen atoms in total. The molecule has 0 saturated heterocycles. The molecular formula is C24H49. The molecular weight excluding hydrogens is 288 g/mol. The van der Waals surface area contributed by atoms with Gasteiger partial charge in [0.05, 0.1) is 0 Å². The smallest absolute Gasteiger partial charge is 0.0445 e. The third-order valence-electron chi connectivity index (χ3n) is 5.64. The summed E-state index contributed by atoms with van der Waals surface area (Å²) in [5, 5.41) is 0. The summed E-state index contributed by atoms with van der Waals surface area (Å²) in [5.74, 6) is 0.948. The van der Waals surface area contributed by atoms with Crippen LogP contribution in [0.5, 0.6) is 0 Å². The summed E-state index contributed by atoms with van der Waals surface area (Å²) in [7, 11) is 0. The van der Waals surface area contributed by atoms with Crippen LogP contribution in [0.4, 0.5) is 0 Å². The van der Waals surface area contributed by atoms with Gasteiger partial charge in [0, 0.05) is 0 Å². The molecule has 0 rings (SSSR count). The number of unbranched alkanes of at least 4 members (excludes halogenated alkanes) is 17. The van der Waals surface area contributed by atoms with Gasteiger partial charge < -0.3 is 0 Å². The largest absolute Gasteiger partial charge is 0.0651 e. The first kappa shape index (κ1) is 24.0. The van der Waals surface area contributed by atoms with Crippen LogP contribution in [0.15, 0.2) is 0 Å². The van der Waals surface area contributed by atoms with Crippen molar-refractivity contribution in [3.8, 4) is 0 Å². The van der Waals surface area contributed by atoms with Crippen LogP contribution >= 0.6 is 0 Å². The highest BCUT2D eigenvalue weighted by molar-refractivity contribution is 4.53. The van der Waals surface area contributed by atoms with Crippen molar-refractivity contribution in [1.29, 1.82) is 0 Å². The zero-order valence-corrected chi connectivity index (χ0v) is 17.4. The van der Waals surface area contributed by atoms with E-state index in [0.717, 1.165) is 12.3 Å². The second kappa shape index (κ2) is 21.0. The highest BCUT2D eigenvalue weighted by atomic mass is 14.0. The summed E-state index contributed by atoms with van der Waals surface area (Å²) in [6.07, 6.45) is 28.8. The number of hydrogen-bond donors (Lipinski definition) is 0. The highest BCUT2D eigenvalue weighted by Crippen LogP contribution is 2.16. The lowest BCUT2D eigenvalue weighted by Crippen LogP contribution is -1.91. The molecule has 0 heterocycles. The molecule has 24 heavy (non-hydrogen) atoms. The van der Waals surface area contributed by atoms with Crippen molar-refractivity contribution in [1.82, 2.24) is 0 Å². The molecule has 0 heteroatoms. The van der Waals surface area contributed by atoms with Gasteiger partial charge in [-0.15, -0.1) is 0 Å². The Morgan fingerprint density at radius 2 is 0.792 bits per heavy atom. The first-order chi connectivity index (χ1) is 11.8. The van der Waals surface area contributed by atoms with Crippen LogP contribution < -0.4 is 0 Å². The minimum absolute atomic E-state index is 0.948. The molecule has 0 aromatic rings. The lowest BCUT2D eigenvalue weighted by Gasteiger charge is -2.07. The van der Waals surface area contributed by atoms with Crippen molar-refractivity contribution in [2.45, 2.75) is 142 Å². The quantitative estimate of drug-likeness (QED) is 0.194. The van der Waals surface area contributed by atoms with E-state index in [9.17, 15) is 0 Å². The molecule has 0 N–H and O–H groups in total. The van der Waals surface area contributed by atoms with E-state index in [1.54, 1.807) is 0 Å². The molecule has 0 aliphatic rings. The Hall–Kier alpha value is 0. The molecule has 145 valence electrons. The van der Waals surface area contributed by atoms with E-state index < -0.39 is 0 Å². The third kappa shape index (κ3) is 20.0. The van der Waals surface area contributed by atoms with Crippen LogP contribution in [0.2, 0.25) is 0 Å². The Labute approximate surface area is 155 Å². The predicted octanol–water partition coefficient (Wildman–Crippen LogP) is 9.28. The lowest BCUT2D eigenvalue weighted by atomic mass is 9.99. The summed E-state index contributed by atoms with van der Waals surface area (Å²) in [6.45, 7) is 8.62. The molecule has 0 aromatic carbocycles. The van der Waals surface area contributed by atoms with Gasteiger partial charge in [0.2, 0.25) is 0 Å². The number of hydrogen-bond acceptors (Lipinski definition) is 0. The average molecular weight is 338 g/mol. The fourth-order valence-corrected chi connectivity index (χ4v) is 3.53. The first-order valence-corrected chi connectivity index (χ1v) is 11.6. The normalized spacial score (nSPS) is 12.6. The van der Waals surface area contributed by atoms with Gasteiger partial charge in [-0.3, -0.25) is 0 Å². The van der Waals surface area contributed by atoms with Crippen LogP contribution in [-0.2, 0) is 0 Å². The Morgan fingerprint density at radius 3 is 1.08 bits per heavy atom. The Balaban J connectivity index is 2.98. The van der Waals surface area contributed by atoms with Gasteiger partial charge in [-0.1, -0.05) is 149 Å². The van der Waals surface area contributed by atoms with Gasteiger partial charge in [0.15, 0.2) is 0 Å². The van der Waals surface area contributed by atoms with Crippen LogP contribution in [0.1, 0.15) is 142 Å². The maximum absolute atomic E-state index is 3.91. The molecule has 0 bridgehead atoms. The minimum atomic E-state index is 0.948. The first-order valence-electron chi connectivity index (χ1n) is 11.6. The van der Waals surface area contributed by atoms with Crippen LogP contribution in [0.3, 0.4) is 0 Å². The molecule has 0 aliphatic heterocycles. The van der Waals surface area contributed by atoms with E-state index in [2.05, 4.69) is 20.8 Å². The second-order valence-corrected chi connectivity index (χ2v) is 8.17. The zero-order valence-electron chi connectivity index (χ0n) is 17.4. The summed E-state index contributed by atoms with van der Waals surface area (Å²) in [5.41, 5.74) is 0. The average Bonchev–Trinajstić information content (AvgIpc) is 2.60. The Bertz CT molecular complexity index is 208. The van der Waals surface area contributed by atoms with Crippen molar-refractivity contribution in [3.05, 3.63) is 6.92 Å². The third-order valence-corrected chi connectivity index (χ3v) is 5.64. The van der Waals surface area contributed by atoms with Crippen LogP contribution in [0, 0.1) is 12.8 Å². The van der Waals surface area contributed by atoms with Crippen molar-refractivity contribution in [2.75, 3.05) is 0 Å². The fourth-order valence-electron chi connectivity index (χ4n) is 3.53. The van der Waals surface area contributed by atoms with E-state index in [-0.39, 0.29) is 0 Å². The van der Waals surface area contributed by atoms with Gasteiger partial charge >= 0.3 is 0 Å². The molecule has 0 fully saturated rings. The van der Waals surface area contributed by atoms with Gasteiger partial charge in [-0.05, 0) is 5.92 Å². The van der Waals surface area contributed by atoms with Crippen molar-refractivity contribution >= 4 is 0 Å². The standard InChI is InChI=1S/C24H49/c1-4-6-7-8-9-10-11-12-13-14-15-16-17-18-19-20-21-22-23-24(3)5-2/h24H,1,4-23H2,2-3H3. The van der Waals surface area contributed by atoms with Gasteiger partial charge in [0.25, 0.3) is 0 Å². The maximum Gasteiger partial charge on any atom is -0.0445 e. The van der Waals surface area contributed by atoms with Gasteiger partial charge in [-0.2, -0.15) is 0 Å². The summed E-state index contributed by atoms with van der Waals surface area (Å²) < 4.78 is 0. The molecule has 1 atom stereocenters. The topological polar surface area (TPSA) is 0 Å². The molecule has 0 saturated carbocycles. The molecule has 1 radical (unpaired) electrons. The van der Waals surface area contributed by atoms with Crippen molar-refractivity contribution < 1.29 is 0 Å². The maximum atomic E-state index is 3.91. The summed E-state index contributed by atoms with van der Waals surface area (Å²) in [6, 6.07) is 0. The van der Waals surface area contributed by atoms with E-state index in [1.807, 2.05) is 0 Å². The molecule has 0 aliphatic carbocycles. The Kier molecular flexibility index (Phi) is 21.0. The monoisotopic (exact) mass is 337 g/mol. The summed E-state index contributed by atoms with van der Waals surface area (Å²) in [4.78, 5) is 0. The van der Waals surface area contributed by atoms with E-state index in [4.69, 9.17) is 0 Å². The van der Waals surface area contributed by atoms with Gasteiger partial charge in [-0.25, -0.2) is 0 Å². The zero-order chi connectivity index (χ0) is 17.7. The van der Waals surface area contributed by atoms with Crippen molar-refractivity contribution in [2.24, 2.45) is 5.92 Å². The summed E-state index contributed by atoms with van der Waals surface area (Å²) >= 11 is 0. The van der Waals surface area contributed by atoms with E-state index in [1.165, 1.54) is 122 Å². The molecule has 1 unspecified atom stereocenters. The SMILES string of the molecule is [CH2]CCCCCCCCCCCCCCCCCCCC(C)CC. The van der Waals surface area contributed by atoms with E-state index >= 15 is 0 Å². The molecule has 0 spiro atoms. The van der Waals surface area contributed by atoms with E-state index in [0.29, 0.717) is 0 Å². The second-order valence-electron chi connectivity index (χ2n) is 8.17. The highest BCUT2D eigenvalue weighted by Gasteiger charge is 1.98. The minimum Gasteiger partial charge on any atom is -0.0651 e. The van der Waals surface area contributed by atoms with Crippen LogP contribution in [0.25, 0.3) is 0 Å². The van der Waals surface area contributed by atoms with Crippen LogP contribution in [-0.4, -0.2) is 0 Å². The van der Waals surface area contributed by atoms with Gasteiger partial charge in [0.1, 0.15) is 0 Å². The molecule has 0 amide bonds. The fraction of sp³-hybridized carbons (Fsp3) is 0.958. The Morgan fingerprint density at radius 1 is 0.500 bits per heavy atom. The van der Waals surface area contributed by atoms with Crippen molar-refractivity contribution in [3.63, 3.8) is 0 Å². The molecule has 0 aromatic heterocycles.